The van der Waals surface area contributed by atoms with Crippen LogP contribution in [0.15, 0.2) is 24.3 Å². The molecule has 0 spiro atoms. The van der Waals surface area contributed by atoms with E-state index in [2.05, 4.69) is 36.2 Å². The summed E-state index contributed by atoms with van der Waals surface area (Å²) in [5, 5.41) is 3.19. The average molecular weight is 224 g/mol. The minimum Gasteiger partial charge on any atom is -0.385 e. The van der Waals surface area contributed by atoms with E-state index in [9.17, 15) is 4.39 Å². The van der Waals surface area contributed by atoms with Gasteiger partial charge in [-0.1, -0.05) is 0 Å². The van der Waals surface area contributed by atoms with Gasteiger partial charge in [-0.25, -0.2) is 0 Å². The molecule has 0 aliphatic rings. The zero-order chi connectivity index (χ0) is 11.8. The summed E-state index contributed by atoms with van der Waals surface area (Å²) in [7, 11) is 0. The van der Waals surface area contributed by atoms with E-state index in [0.717, 1.165) is 18.8 Å². The second-order valence-electron chi connectivity index (χ2n) is 3.69. The van der Waals surface area contributed by atoms with Gasteiger partial charge in [-0.2, -0.15) is 0 Å². The number of halogens is 1. The number of nitrogens with one attached hydrogen (secondary N) is 1. The summed E-state index contributed by atoms with van der Waals surface area (Å²) in [6.45, 7) is 6.77. The summed E-state index contributed by atoms with van der Waals surface area (Å²) in [6.07, 6.45) is 0.567. The Morgan fingerprint density at radius 1 is 1.12 bits per heavy atom. The van der Waals surface area contributed by atoms with Crippen LogP contribution in [-0.2, 0) is 0 Å². The second kappa shape index (κ2) is 7.09. The summed E-state index contributed by atoms with van der Waals surface area (Å²) in [4.78, 5) is 2.30. The Hall–Kier alpha value is -1.25. The highest BCUT2D eigenvalue weighted by Gasteiger charge is 2.00. The highest BCUT2D eigenvalue weighted by atomic mass is 19.1. The number of hydrogen-bond donors (Lipinski definition) is 1. The molecule has 16 heavy (non-hydrogen) atoms. The molecule has 0 unspecified atom stereocenters. The Balaban J connectivity index is 2.53. The van der Waals surface area contributed by atoms with Gasteiger partial charge >= 0.3 is 0 Å². The van der Waals surface area contributed by atoms with E-state index in [-0.39, 0.29) is 6.67 Å². The molecule has 1 N–H and O–H groups in total. The van der Waals surface area contributed by atoms with Crippen LogP contribution in [0.3, 0.4) is 0 Å². The average Bonchev–Trinajstić information content (AvgIpc) is 2.33. The predicted octanol–water partition coefficient (Wildman–Crippen LogP) is 3.30. The third-order valence-electron chi connectivity index (χ3n) is 2.64. The number of hydrogen-bond acceptors (Lipinski definition) is 2. The standard InChI is InChI=1S/C13H21FN2/c1-3-16(4-2)13-8-6-12(7-9-13)15-11-5-10-14/h6-9,15H,3-5,10-11H2,1-2H3. The number of nitrogens with zero attached hydrogens (tertiary/aromatic N) is 1. The maximum absolute atomic E-state index is 11.9. The fraction of sp³-hybridized carbons (Fsp3) is 0.538. The van der Waals surface area contributed by atoms with Gasteiger partial charge in [0.15, 0.2) is 0 Å². The van der Waals surface area contributed by atoms with E-state index < -0.39 is 0 Å². The van der Waals surface area contributed by atoms with Gasteiger partial charge in [-0.15, -0.1) is 0 Å². The zero-order valence-electron chi connectivity index (χ0n) is 10.2. The molecule has 0 aliphatic heterocycles. The Bertz CT molecular complexity index is 280. The molecule has 0 bridgehead atoms. The number of alkyl halides is 1. The van der Waals surface area contributed by atoms with Crippen molar-refractivity contribution in [2.75, 3.05) is 36.5 Å². The molecule has 90 valence electrons. The van der Waals surface area contributed by atoms with Gasteiger partial charge in [0.1, 0.15) is 0 Å². The monoisotopic (exact) mass is 224 g/mol. The molecule has 0 radical (unpaired) electrons. The van der Waals surface area contributed by atoms with Crippen molar-refractivity contribution < 1.29 is 4.39 Å². The molecule has 0 saturated carbocycles. The van der Waals surface area contributed by atoms with E-state index >= 15 is 0 Å². The molecule has 0 aromatic heterocycles. The van der Waals surface area contributed by atoms with Crippen LogP contribution in [0.2, 0.25) is 0 Å². The molecule has 0 amide bonds. The van der Waals surface area contributed by atoms with Crippen molar-refractivity contribution >= 4 is 11.4 Å². The molecule has 0 atom stereocenters. The largest absolute Gasteiger partial charge is 0.385 e. The van der Waals surface area contributed by atoms with Crippen LogP contribution in [0.1, 0.15) is 20.3 Å². The van der Waals surface area contributed by atoms with Crippen molar-refractivity contribution in [2.45, 2.75) is 20.3 Å². The minimum atomic E-state index is -0.259. The van der Waals surface area contributed by atoms with Gasteiger partial charge in [-0.05, 0) is 44.5 Å². The Morgan fingerprint density at radius 2 is 1.75 bits per heavy atom. The van der Waals surface area contributed by atoms with Crippen LogP contribution in [0.4, 0.5) is 15.8 Å². The fourth-order valence-corrected chi connectivity index (χ4v) is 1.68. The fourth-order valence-electron chi connectivity index (χ4n) is 1.68. The van der Waals surface area contributed by atoms with Gasteiger partial charge in [0, 0.05) is 31.0 Å². The molecule has 2 nitrogen and oxygen atoms in total. The highest BCUT2D eigenvalue weighted by molar-refractivity contribution is 5.54. The van der Waals surface area contributed by atoms with Crippen LogP contribution in [-0.4, -0.2) is 26.3 Å². The van der Waals surface area contributed by atoms with Gasteiger partial charge < -0.3 is 10.2 Å². The molecule has 3 heteroatoms. The topological polar surface area (TPSA) is 15.3 Å². The molecule has 1 rings (SSSR count). The van der Waals surface area contributed by atoms with Crippen molar-refractivity contribution in [1.29, 1.82) is 0 Å². The van der Waals surface area contributed by atoms with Crippen molar-refractivity contribution in [3.63, 3.8) is 0 Å². The first-order chi connectivity index (χ1) is 7.81. The maximum atomic E-state index is 11.9. The van der Waals surface area contributed by atoms with E-state index in [1.165, 1.54) is 5.69 Å². The summed E-state index contributed by atoms with van der Waals surface area (Å²) in [5.41, 5.74) is 2.30. The third-order valence-corrected chi connectivity index (χ3v) is 2.64. The first-order valence-corrected chi connectivity index (χ1v) is 5.96. The molecule has 1 aromatic carbocycles. The molecule has 0 saturated heterocycles. The SMILES string of the molecule is CCN(CC)c1ccc(NCCCF)cc1. The molecule has 1 aromatic rings. The van der Waals surface area contributed by atoms with Gasteiger partial charge in [0.2, 0.25) is 0 Å². The number of benzene rings is 1. The van der Waals surface area contributed by atoms with E-state index in [1.54, 1.807) is 0 Å². The molecule has 0 heterocycles. The van der Waals surface area contributed by atoms with Crippen LogP contribution < -0.4 is 10.2 Å². The second-order valence-corrected chi connectivity index (χ2v) is 3.69. The Morgan fingerprint density at radius 3 is 2.25 bits per heavy atom. The number of anilines is 2. The van der Waals surface area contributed by atoms with Crippen molar-refractivity contribution in [3.8, 4) is 0 Å². The third kappa shape index (κ3) is 3.72. The first kappa shape index (κ1) is 12.8. The quantitative estimate of drug-likeness (QED) is 0.715. The lowest BCUT2D eigenvalue weighted by Gasteiger charge is -2.21. The minimum absolute atomic E-state index is 0.259. The Kier molecular flexibility index (Phi) is 5.68. The summed E-state index contributed by atoms with van der Waals surface area (Å²) in [5.74, 6) is 0. The highest BCUT2D eigenvalue weighted by Crippen LogP contribution is 2.17. The summed E-state index contributed by atoms with van der Waals surface area (Å²) >= 11 is 0. The predicted molar refractivity (Wildman–Crippen MR) is 69.1 cm³/mol. The Labute approximate surface area is 97.5 Å². The lowest BCUT2D eigenvalue weighted by Crippen LogP contribution is -2.21. The molecular weight excluding hydrogens is 203 g/mol. The number of rotatable bonds is 7. The van der Waals surface area contributed by atoms with Crippen LogP contribution >= 0.6 is 0 Å². The summed E-state index contributed by atoms with van der Waals surface area (Å²) < 4.78 is 11.9. The normalized spacial score (nSPS) is 10.2. The maximum Gasteiger partial charge on any atom is 0.0911 e. The first-order valence-electron chi connectivity index (χ1n) is 5.96. The summed E-state index contributed by atoms with van der Waals surface area (Å²) in [6, 6.07) is 8.30. The smallest absolute Gasteiger partial charge is 0.0911 e. The van der Waals surface area contributed by atoms with E-state index in [0.29, 0.717) is 13.0 Å². The van der Waals surface area contributed by atoms with Crippen molar-refractivity contribution in [2.24, 2.45) is 0 Å². The van der Waals surface area contributed by atoms with Crippen LogP contribution in [0.5, 0.6) is 0 Å². The van der Waals surface area contributed by atoms with E-state index in [4.69, 9.17) is 0 Å². The zero-order valence-corrected chi connectivity index (χ0v) is 10.2. The van der Waals surface area contributed by atoms with Gasteiger partial charge in [0.25, 0.3) is 0 Å². The molecule has 0 aliphatic carbocycles. The van der Waals surface area contributed by atoms with Crippen molar-refractivity contribution in [1.82, 2.24) is 0 Å². The van der Waals surface area contributed by atoms with Gasteiger partial charge in [-0.3, -0.25) is 4.39 Å². The van der Waals surface area contributed by atoms with Gasteiger partial charge in [0.05, 0.1) is 6.67 Å². The lowest BCUT2D eigenvalue weighted by atomic mass is 10.2. The lowest BCUT2D eigenvalue weighted by molar-refractivity contribution is 0.481. The molecule has 0 fully saturated rings. The van der Waals surface area contributed by atoms with E-state index in [1.807, 2.05) is 12.1 Å². The van der Waals surface area contributed by atoms with Crippen LogP contribution in [0, 0.1) is 0 Å². The van der Waals surface area contributed by atoms with Crippen molar-refractivity contribution in [3.05, 3.63) is 24.3 Å². The molecular formula is C13H21FN2. The van der Waals surface area contributed by atoms with Crippen LogP contribution in [0.25, 0.3) is 0 Å².